The number of rotatable bonds is 6. The molecule has 224 valence electrons. The molecule has 0 aliphatic carbocycles. The maximum absolute atomic E-state index is 13.7. The molecule has 0 unspecified atom stereocenters. The van der Waals surface area contributed by atoms with Crippen LogP contribution in [0.25, 0.3) is 22.3 Å². The number of benzene rings is 6. The zero-order valence-electron chi connectivity index (χ0n) is 24.8. The summed E-state index contributed by atoms with van der Waals surface area (Å²) in [6, 6.07) is 43.2. The molecule has 0 atom stereocenters. The Bertz CT molecular complexity index is 2100. The van der Waals surface area contributed by atoms with E-state index < -0.39 is 23.6 Å². The van der Waals surface area contributed by atoms with Gasteiger partial charge in [-0.2, -0.15) is 0 Å². The molecule has 6 aromatic carbocycles. The molecular weight excluding hydrogens is 588 g/mol. The number of hydrogen-bond acceptors (Lipinski definition) is 5. The Balaban J connectivity index is 1.08. The Morgan fingerprint density at radius 1 is 0.340 bits per heavy atom. The highest BCUT2D eigenvalue weighted by Gasteiger charge is 2.39. The molecule has 0 radical (unpaired) electrons. The van der Waals surface area contributed by atoms with Crippen LogP contribution in [0.15, 0.2) is 146 Å². The van der Waals surface area contributed by atoms with Crippen LogP contribution < -0.4 is 14.5 Å². The molecule has 0 saturated heterocycles. The number of fused-ring (bicyclic) bond motifs is 2. The first-order chi connectivity index (χ1) is 23.0. The van der Waals surface area contributed by atoms with Crippen molar-refractivity contribution >= 4 is 35.0 Å². The van der Waals surface area contributed by atoms with Gasteiger partial charge < -0.3 is 4.74 Å². The van der Waals surface area contributed by atoms with Crippen molar-refractivity contribution in [1.82, 2.24) is 0 Å². The van der Waals surface area contributed by atoms with Crippen molar-refractivity contribution in [2.45, 2.75) is 0 Å². The van der Waals surface area contributed by atoms with Gasteiger partial charge >= 0.3 is 0 Å². The minimum absolute atomic E-state index is 0.214. The molecule has 7 nitrogen and oxygen atoms in total. The lowest BCUT2D eigenvalue weighted by Crippen LogP contribution is -2.29. The largest absolute Gasteiger partial charge is 0.457 e. The van der Waals surface area contributed by atoms with Gasteiger partial charge in [-0.25, -0.2) is 9.80 Å². The summed E-state index contributed by atoms with van der Waals surface area (Å²) in [5, 5.41) is 0. The quantitative estimate of drug-likeness (QED) is 0.176. The maximum Gasteiger partial charge on any atom is 0.266 e. The average molecular weight is 613 g/mol. The van der Waals surface area contributed by atoms with Crippen molar-refractivity contribution in [3.05, 3.63) is 168 Å². The number of ether oxygens (including phenoxy) is 1. The van der Waals surface area contributed by atoms with E-state index in [1.165, 1.54) is 21.9 Å². The van der Waals surface area contributed by atoms with Gasteiger partial charge in [0.15, 0.2) is 0 Å². The summed E-state index contributed by atoms with van der Waals surface area (Å²) >= 11 is 0. The molecule has 7 heteroatoms. The second-order valence-electron chi connectivity index (χ2n) is 11.2. The summed E-state index contributed by atoms with van der Waals surface area (Å²) in [5.41, 5.74) is 5.25. The van der Waals surface area contributed by atoms with Crippen LogP contribution in [-0.2, 0) is 0 Å². The van der Waals surface area contributed by atoms with Gasteiger partial charge in [-0.1, -0.05) is 97.1 Å². The summed E-state index contributed by atoms with van der Waals surface area (Å²) in [7, 11) is 0. The van der Waals surface area contributed by atoms with Crippen molar-refractivity contribution in [3.8, 4) is 33.8 Å². The van der Waals surface area contributed by atoms with E-state index in [9.17, 15) is 19.2 Å². The summed E-state index contributed by atoms with van der Waals surface area (Å²) in [4.78, 5) is 56.8. The van der Waals surface area contributed by atoms with Gasteiger partial charge in [-0.15, -0.1) is 0 Å². The van der Waals surface area contributed by atoms with E-state index in [0.29, 0.717) is 22.9 Å². The van der Waals surface area contributed by atoms with Crippen LogP contribution in [-0.4, -0.2) is 23.6 Å². The van der Waals surface area contributed by atoms with Crippen LogP contribution in [0.2, 0.25) is 0 Å². The van der Waals surface area contributed by atoms with Crippen molar-refractivity contribution in [3.63, 3.8) is 0 Å². The first kappa shape index (κ1) is 27.9. The molecule has 47 heavy (non-hydrogen) atoms. The number of carbonyl (C=O) groups is 4. The van der Waals surface area contributed by atoms with Crippen LogP contribution in [0, 0.1) is 0 Å². The Labute approximate surface area is 269 Å². The minimum Gasteiger partial charge on any atom is -0.457 e. The van der Waals surface area contributed by atoms with Crippen LogP contribution in [0.3, 0.4) is 0 Å². The molecule has 0 N–H and O–H groups in total. The van der Waals surface area contributed by atoms with Gasteiger partial charge in [0.25, 0.3) is 23.6 Å². The van der Waals surface area contributed by atoms with Gasteiger partial charge in [0.2, 0.25) is 0 Å². The standard InChI is InChI=1S/C40H24N2O5/c43-37-31-21-19-27(23-33(31)39(45)41(37)35-17-9-7-15-29(35)25-11-3-1-4-12-25)47-28-20-22-32-34(24-28)40(46)42(38(32)44)36-18-10-8-16-30(36)26-13-5-2-6-14-26/h1-24H. The Kier molecular flexibility index (Phi) is 6.58. The van der Waals surface area contributed by atoms with E-state index in [1.807, 2.05) is 84.9 Å². The number of hydrogen-bond donors (Lipinski definition) is 0. The minimum atomic E-state index is -0.457. The summed E-state index contributed by atoms with van der Waals surface area (Å²) in [6.07, 6.45) is 0. The first-order valence-corrected chi connectivity index (χ1v) is 15.0. The fourth-order valence-electron chi connectivity index (χ4n) is 6.20. The van der Waals surface area contributed by atoms with Crippen molar-refractivity contribution < 1.29 is 23.9 Å². The average Bonchev–Trinajstić information content (AvgIpc) is 3.51. The smallest absolute Gasteiger partial charge is 0.266 e. The number of anilines is 2. The normalized spacial score (nSPS) is 13.6. The Hall–Kier alpha value is -6.60. The molecule has 0 aromatic heterocycles. The van der Waals surface area contributed by atoms with Crippen molar-refractivity contribution in [1.29, 1.82) is 0 Å². The van der Waals surface area contributed by atoms with E-state index in [2.05, 4.69) is 0 Å². The summed E-state index contributed by atoms with van der Waals surface area (Å²) in [5.74, 6) is -1.13. The fraction of sp³-hybridized carbons (Fsp3) is 0. The molecule has 6 aromatic rings. The predicted octanol–water partition coefficient (Wildman–Crippen LogP) is 8.41. The van der Waals surface area contributed by atoms with Crippen molar-refractivity contribution in [2.75, 3.05) is 9.80 Å². The van der Waals surface area contributed by atoms with Gasteiger partial charge in [0, 0.05) is 11.1 Å². The highest BCUT2D eigenvalue weighted by atomic mass is 16.5. The molecule has 0 spiro atoms. The van der Waals surface area contributed by atoms with Crippen LogP contribution in [0.1, 0.15) is 41.4 Å². The van der Waals surface area contributed by atoms with Crippen molar-refractivity contribution in [2.24, 2.45) is 0 Å². The second kappa shape index (κ2) is 11.1. The lowest BCUT2D eigenvalue weighted by atomic mass is 10.0. The Morgan fingerprint density at radius 2 is 0.702 bits per heavy atom. The molecule has 8 rings (SSSR count). The van der Waals surface area contributed by atoms with E-state index in [-0.39, 0.29) is 22.3 Å². The number of nitrogens with zero attached hydrogens (tertiary/aromatic N) is 2. The lowest BCUT2D eigenvalue weighted by molar-refractivity contribution is 0.0910. The number of amides is 4. The second-order valence-corrected chi connectivity index (χ2v) is 11.2. The number of imide groups is 2. The summed E-state index contributed by atoms with van der Waals surface area (Å²) in [6.45, 7) is 0. The van der Waals surface area contributed by atoms with Crippen LogP contribution in [0.5, 0.6) is 11.5 Å². The molecule has 2 heterocycles. The lowest BCUT2D eigenvalue weighted by Gasteiger charge is -2.18. The first-order valence-electron chi connectivity index (χ1n) is 15.0. The molecule has 0 fully saturated rings. The third kappa shape index (κ3) is 4.60. The molecule has 4 amide bonds. The topological polar surface area (TPSA) is 84.0 Å². The predicted molar refractivity (Wildman–Crippen MR) is 179 cm³/mol. The molecule has 2 aliphatic rings. The van der Waals surface area contributed by atoms with Gasteiger partial charge in [0.05, 0.1) is 33.6 Å². The van der Waals surface area contributed by atoms with Gasteiger partial charge in [-0.3, -0.25) is 19.2 Å². The van der Waals surface area contributed by atoms with E-state index in [4.69, 9.17) is 4.74 Å². The third-order valence-corrected chi connectivity index (χ3v) is 8.41. The SMILES string of the molecule is O=C1c2ccc(Oc3ccc4c(c3)C(=O)N(c3ccccc3-c3ccccc3)C4=O)cc2C(=O)N1c1ccccc1-c1ccccc1. The zero-order valence-corrected chi connectivity index (χ0v) is 24.8. The van der Waals surface area contributed by atoms with E-state index >= 15 is 0 Å². The van der Waals surface area contributed by atoms with Crippen LogP contribution in [0.4, 0.5) is 11.4 Å². The van der Waals surface area contributed by atoms with Gasteiger partial charge in [-0.05, 0) is 59.7 Å². The van der Waals surface area contributed by atoms with Crippen LogP contribution >= 0.6 is 0 Å². The third-order valence-electron chi connectivity index (χ3n) is 8.41. The molecule has 2 aliphatic heterocycles. The molecule has 0 saturated carbocycles. The zero-order chi connectivity index (χ0) is 32.1. The molecular formula is C40H24N2O5. The highest BCUT2D eigenvalue weighted by molar-refractivity contribution is 6.36. The summed E-state index contributed by atoms with van der Waals surface area (Å²) < 4.78 is 6.10. The Morgan fingerprint density at radius 3 is 1.13 bits per heavy atom. The maximum atomic E-state index is 13.7. The fourth-order valence-corrected chi connectivity index (χ4v) is 6.20. The number of carbonyl (C=O) groups excluding carboxylic acids is 4. The van der Waals surface area contributed by atoms with Gasteiger partial charge in [0.1, 0.15) is 11.5 Å². The van der Waals surface area contributed by atoms with E-state index in [1.54, 1.807) is 48.5 Å². The molecule has 0 bridgehead atoms. The number of para-hydroxylation sites is 2. The monoisotopic (exact) mass is 612 g/mol. The van der Waals surface area contributed by atoms with E-state index in [0.717, 1.165) is 22.3 Å². The highest BCUT2D eigenvalue weighted by Crippen LogP contribution is 2.39.